The second-order valence-corrected chi connectivity index (χ2v) is 6.63. The van der Waals surface area contributed by atoms with E-state index in [0.717, 1.165) is 23.2 Å². The zero-order chi connectivity index (χ0) is 15.7. The third-order valence-electron chi connectivity index (χ3n) is 3.99. The number of hydrogen-bond donors (Lipinski definition) is 1. The predicted molar refractivity (Wildman–Crippen MR) is 90.8 cm³/mol. The molecule has 0 aliphatic carbocycles. The van der Waals surface area contributed by atoms with Crippen LogP contribution in [0.25, 0.3) is 5.70 Å². The van der Waals surface area contributed by atoms with Gasteiger partial charge in [-0.2, -0.15) is 0 Å². The lowest BCUT2D eigenvalue weighted by Crippen LogP contribution is -2.43. The first kappa shape index (κ1) is 14.6. The smallest absolute Gasteiger partial charge is 0.187 e. The number of fused-ring (bicyclic) bond motifs is 1. The maximum atomic E-state index is 12.5. The molecule has 1 N–H and O–H groups in total. The van der Waals surface area contributed by atoms with Crippen LogP contribution in [-0.4, -0.2) is 11.3 Å². The average molecular weight is 291 g/mol. The lowest BCUT2D eigenvalue weighted by atomic mass is 9.85. The monoisotopic (exact) mass is 291 g/mol. The van der Waals surface area contributed by atoms with Crippen LogP contribution in [0.3, 0.4) is 0 Å². The molecule has 2 heteroatoms. The lowest BCUT2D eigenvalue weighted by Gasteiger charge is -2.35. The highest BCUT2D eigenvalue weighted by Crippen LogP contribution is 2.30. The summed E-state index contributed by atoms with van der Waals surface area (Å²) in [5.74, 6) is 0.0354. The van der Waals surface area contributed by atoms with Crippen LogP contribution in [0.15, 0.2) is 54.6 Å². The first-order chi connectivity index (χ1) is 10.4. The van der Waals surface area contributed by atoms with Gasteiger partial charge >= 0.3 is 0 Å². The van der Waals surface area contributed by atoms with Crippen LogP contribution in [-0.2, 0) is 6.42 Å². The van der Waals surface area contributed by atoms with Gasteiger partial charge < -0.3 is 5.32 Å². The number of allylic oxidation sites excluding steroid dienone is 1. The molecule has 0 amide bonds. The Hall–Kier alpha value is -2.35. The quantitative estimate of drug-likeness (QED) is 0.665. The molecule has 0 unspecified atom stereocenters. The van der Waals surface area contributed by atoms with Gasteiger partial charge in [0.1, 0.15) is 0 Å². The van der Waals surface area contributed by atoms with E-state index in [9.17, 15) is 4.79 Å². The van der Waals surface area contributed by atoms with Gasteiger partial charge in [0.2, 0.25) is 0 Å². The zero-order valence-corrected chi connectivity index (χ0v) is 13.3. The standard InChI is InChI=1S/C20H21NO/c1-14-9-10-16-13-20(2,3)21-18(17(16)11-14)12-19(22)15-7-5-4-6-8-15/h4-12,21H,13H2,1-3H3/b18-12-. The van der Waals surface area contributed by atoms with Crippen LogP contribution < -0.4 is 5.32 Å². The largest absolute Gasteiger partial charge is 0.379 e. The Balaban J connectivity index is 2.05. The topological polar surface area (TPSA) is 29.1 Å². The van der Waals surface area contributed by atoms with Crippen molar-refractivity contribution in [1.29, 1.82) is 0 Å². The normalized spacial score (nSPS) is 17.7. The summed E-state index contributed by atoms with van der Waals surface area (Å²) in [5, 5.41) is 3.52. The van der Waals surface area contributed by atoms with E-state index in [0.29, 0.717) is 0 Å². The molecule has 22 heavy (non-hydrogen) atoms. The average Bonchev–Trinajstić information content (AvgIpc) is 2.48. The third-order valence-corrected chi connectivity index (χ3v) is 3.99. The van der Waals surface area contributed by atoms with Crippen LogP contribution >= 0.6 is 0 Å². The second-order valence-electron chi connectivity index (χ2n) is 6.63. The Morgan fingerprint density at radius 3 is 2.59 bits per heavy atom. The second kappa shape index (κ2) is 5.45. The van der Waals surface area contributed by atoms with E-state index in [1.165, 1.54) is 11.1 Å². The number of rotatable bonds is 2. The molecule has 0 aromatic heterocycles. The number of aryl methyl sites for hydroxylation is 1. The fraction of sp³-hybridized carbons (Fsp3) is 0.250. The molecule has 0 atom stereocenters. The van der Waals surface area contributed by atoms with Crippen molar-refractivity contribution in [3.8, 4) is 0 Å². The molecule has 0 bridgehead atoms. The van der Waals surface area contributed by atoms with Crippen molar-refractivity contribution in [2.45, 2.75) is 32.7 Å². The van der Waals surface area contributed by atoms with E-state index in [1.807, 2.05) is 30.3 Å². The van der Waals surface area contributed by atoms with Crippen molar-refractivity contribution in [2.24, 2.45) is 0 Å². The van der Waals surface area contributed by atoms with E-state index in [2.05, 4.69) is 44.3 Å². The molecule has 1 aliphatic rings. The number of hydrogen-bond acceptors (Lipinski definition) is 2. The molecule has 3 rings (SSSR count). The molecule has 0 fully saturated rings. The van der Waals surface area contributed by atoms with Gasteiger partial charge in [0.15, 0.2) is 5.78 Å². The molecule has 0 spiro atoms. The Morgan fingerprint density at radius 2 is 1.86 bits per heavy atom. The summed E-state index contributed by atoms with van der Waals surface area (Å²) in [6.07, 6.45) is 2.69. The van der Waals surface area contributed by atoms with E-state index in [1.54, 1.807) is 6.08 Å². The number of benzene rings is 2. The van der Waals surface area contributed by atoms with Gasteiger partial charge in [-0.05, 0) is 38.8 Å². The summed E-state index contributed by atoms with van der Waals surface area (Å²) in [6, 6.07) is 15.9. The van der Waals surface area contributed by atoms with E-state index >= 15 is 0 Å². The summed E-state index contributed by atoms with van der Waals surface area (Å²) in [5.41, 5.74) is 5.23. The number of ketones is 1. The van der Waals surface area contributed by atoms with Crippen molar-refractivity contribution >= 4 is 11.5 Å². The summed E-state index contributed by atoms with van der Waals surface area (Å²) in [7, 11) is 0. The van der Waals surface area contributed by atoms with Crippen molar-refractivity contribution in [2.75, 3.05) is 0 Å². The summed E-state index contributed by atoms with van der Waals surface area (Å²) in [4.78, 5) is 12.5. The number of nitrogens with one attached hydrogen (secondary N) is 1. The highest BCUT2D eigenvalue weighted by molar-refractivity contribution is 6.08. The lowest BCUT2D eigenvalue weighted by molar-refractivity contribution is 0.104. The molecule has 2 nitrogen and oxygen atoms in total. The van der Waals surface area contributed by atoms with Crippen molar-refractivity contribution < 1.29 is 4.79 Å². The predicted octanol–water partition coefficient (Wildman–Crippen LogP) is 4.14. The first-order valence-corrected chi connectivity index (χ1v) is 7.64. The zero-order valence-electron chi connectivity index (χ0n) is 13.3. The number of carbonyl (C=O) groups excluding carboxylic acids is 1. The molecule has 2 aromatic rings. The van der Waals surface area contributed by atoms with Gasteiger partial charge in [-0.15, -0.1) is 0 Å². The molecular weight excluding hydrogens is 270 g/mol. The minimum Gasteiger partial charge on any atom is -0.379 e. The first-order valence-electron chi connectivity index (χ1n) is 7.64. The summed E-state index contributed by atoms with van der Waals surface area (Å²) < 4.78 is 0. The highest BCUT2D eigenvalue weighted by atomic mass is 16.1. The van der Waals surface area contributed by atoms with Crippen LogP contribution in [0.1, 0.15) is 40.9 Å². The molecule has 1 heterocycles. The Morgan fingerprint density at radius 1 is 1.14 bits per heavy atom. The summed E-state index contributed by atoms with van der Waals surface area (Å²) in [6.45, 7) is 6.41. The summed E-state index contributed by atoms with van der Waals surface area (Å²) >= 11 is 0. The van der Waals surface area contributed by atoms with Gasteiger partial charge in [-0.3, -0.25) is 4.79 Å². The number of carbonyl (C=O) groups is 1. The highest BCUT2D eigenvalue weighted by Gasteiger charge is 2.27. The van der Waals surface area contributed by atoms with E-state index in [4.69, 9.17) is 0 Å². The minimum atomic E-state index is -0.0505. The molecule has 112 valence electrons. The molecule has 0 saturated heterocycles. The minimum absolute atomic E-state index is 0.0354. The third kappa shape index (κ3) is 2.96. The Labute approximate surface area is 131 Å². The van der Waals surface area contributed by atoms with E-state index in [-0.39, 0.29) is 11.3 Å². The Kier molecular flexibility index (Phi) is 3.61. The van der Waals surface area contributed by atoms with E-state index < -0.39 is 0 Å². The van der Waals surface area contributed by atoms with Crippen LogP contribution in [0.5, 0.6) is 0 Å². The van der Waals surface area contributed by atoms with Gasteiger partial charge in [0.25, 0.3) is 0 Å². The maximum Gasteiger partial charge on any atom is 0.187 e. The van der Waals surface area contributed by atoms with Crippen LogP contribution in [0.2, 0.25) is 0 Å². The van der Waals surface area contributed by atoms with Crippen LogP contribution in [0, 0.1) is 6.92 Å². The Bertz CT molecular complexity index is 742. The fourth-order valence-corrected chi connectivity index (χ4v) is 2.98. The van der Waals surface area contributed by atoms with Gasteiger partial charge in [0.05, 0.1) is 0 Å². The van der Waals surface area contributed by atoms with Crippen molar-refractivity contribution in [3.63, 3.8) is 0 Å². The molecular formula is C20H21NO. The van der Waals surface area contributed by atoms with Crippen molar-refractivity contribution in [1.82, 2.24) is 5.32 Å². The molecule has 1 aliphatic heterocycles. The van der Waals surface area contributed by atoms with Gasteiger partial charge in [0, 0.05) is 28.4 Å². The van der Waals surface area contributed by atoms with Crippen molar-refractivity contribution in [3.05, 3.63) is 76.9 Å². The van der Waals surface area contributed by atoms with Gasteiger partial charge in [-0.25, -0.2) is 0 Å². The fourth-order valence-electron chi connectivity index (χ4n) is 2.98. The van der Waals surface area contributed by atoms with Gasteiger partial charge in [-0.1, -0.05) is 48.0 Å². The maximum absolute atomic E-state index is 12.5. The SMILES string of the molecule is Cc1ccc2c(c1)/C(=C/C(=O)c1ccccc1)NC(C)(C)C2. The molecule has 0 radical (unpaired) electrons. The molecule has 0 saturated carbocycles. The molecule has 2 aromatic carbocycles. The van der Waals surface area contributed by atoms with Crippen LogP contribution in [0.4, 0.5) is 0 Å².